The summed E-state index contributed by atoms with van der Waals surface area (Å²) in [6.45, 7) is 6.02. The second kappa shape index (κ2) is 10.0. The highest BCUT2D eigenvalue weighted by Gasteiger charge is 2.27. The summed E-state index contributed by atoms with van der Waals surface area (Å²) in [7, 11) is 0. The van der Waals surface area contributed by atoms with Crippen LogP contribution in [0.3, 0.4) is 0 Å². The molecule has 0 saturated heterocycles. The number of nitrogens with one attached hydrogen (secondary N) is 2. The Hall–Kier alpha value is -1.06. The molecule has 0 fully saturated rings. The lowest BCUT2D eigenvalue weighted by molar-refractivity contribution is -0.132. The van der Waals surface area contributed by atoms with E-state index in [2.05, 4.69) is 15.6 Å². The summed E-state index contributed by atoms with van der Waals surface area (Å²) in [6.07, 6.45) is -5.15. The predicted molar refractivity (Wildman–Crippen MR) is 99.5 cm³/mol. The first kappa shape index (κ1) is 22.9. The van der Waals surface area contributed by atoms with Crippen molar-refractivity contribution in [1.82, 2.24) is 10.6 Å². The number of alkyl halides is 3. The lowest BCUT2D eigenvalue weighted by atomic mass is 9.84. The minimum atomic E-state index is -4.21. The Balaban J connectivity index is 0.00000529. The number of rotatable bonds is 6. The van der Waals surface area contributed by atoms with Gasteiger partial charge in [-0.25, -0.2) is 4.39 Å². The lowest BCUT2D eigenvalue weighted by Crippen LogP contribution is -2.40. The number of nitrogens with zero attached hydrogens (tertiary/aromatic N) is 1. The molecule has 0 aromatic heterocycles. The third-order valence-electron chi connectivity index (χ3n) is 3.28. The summed E-state index contributed by atoms with van der Waals surface area (Å²) in [5, 5.41) is 5.53. The average molecular weight is 461 g/mol. The lowest BCUT2D eigenvalue weighted by Gasteiger charge is -2.24. The SMILES string of the molecule is CCNC(=NCC(C)(C)c1ccccc1F)NCCC(F)(F)F.I. The molecule has 1 aromatic rings. The molecule has 2 N–H and O–H groups in total. The highest BCUT2D eigenvalue weighted by Crippen LogP contribution is 2.25. The molecule has 3 nitrogen and oxygen atoms in total. The number of hydrogen-bond donors (Lipinski definition) is 2. The van der Waals surface area contributed by atoms with Gasteiger partial charge in [0.2, 0.25) is 0 Å². The molecule has 0 bridgehead atoms. The number of aliphatic imine (C=N–C) groups is 1. The maximum absolute atomic E-state index is 13.9. The van der Waals surface area contributed by atoms with Crippen molar-refractivity contribution < 1.29 is 17.6 Å². The Labute approximate surface area is 157 Å². The number of hydrogen-bond acceptors (Lipinski definition) is 1. The van der Waals surface area contributed by atoms with Gasteiger partial charge in [0.05, 0.1) is 13.0 Å². The molecule has 0 aliphatic heterocycles. The van der Waals surface area contributed by atoms with E-state index in [1.165, 1.54) is 6.07 Å². The van der Waals surface area contributed by atoms with Crippen LogP contribution in [0.15, 0.2) is 29.3 Å². The fraction of sp³-hybridized carbons (Fsp3) is 0.562. The first-order valence-electron chi connectivity index (χ1n) is 7.49. The van der Waals surface area contributed by atoms with Crippen LogP contribution in [0.5, 0.6) is 0 Å². The highest BCUT2D eigenvalue weighted by atomic mass is 127. The van der Waals surface area contributed by atoms with Crippen LogP contribution >= 0.6 is 24.0 Å². The molecule has 138 valence electrons. The van der Waals surface area contributed by atoms with Crippen molar-refractivity contribution in [2.45, 2.75) is 38.8 Å². The van der Waals surface area contributed by atoms with Crippen molar-refractivity contribution in [1.29, 1.82) is 0 Å². The molecular formula is C16H24F4IN3. The minimum absolute atomic E-state index is 0. The summed E-state index contributed by atoms with van der Waals surface area (Å²) in [5.41, 5.74) is -0.0487. The maximum atomic E-state index is 13.9. The predicted octanol–water partition coefficient (Wildman–Crippen LogP) is 4.23. The molecule has 0 heterocycles. The normalized spacial score (nSPS) is 12.5. The summed E-state index contributed by atoms with van der Waals surface area (Å²) in [5.74, 6) is -0.0242. The molecule has 0 radical (unpaired) electrons. The van der Waals surface area contributed by atoms with Gasteiger partial charge in [0, 0.05) is 18.5 Å². The van der Waals surface area contributed by atoms with E-state index in [0.717, 1.165) is 0 Å². The molecule has 0 spiro atoms. The number of halogens is 5. The topological polar surface area (TPSA) is 36.4 Å². The molecule has 1 aromatic carbocycles. The van der Waals surface area contributed by atoms with Crippen LogP contribution in [0, 0.1) is 5.82 Å². The summed E-state index contributed by atoms with van der Waals surface area (Å²) >= 11 is 0. The Kier molecular flexibility index (Phi) is 9.61. The van der Waals surface area contributed by atoms with Gasteiger partial charge in [0.15, 0.2) is 5.96 Å². The third-order valence-corrected chi connectivity index (χ3v) is 3.28. The van der Waals surface area contributed by atoms with E-state index in [-0.39, 0.29) is 42.9 Å². The quantitative estimate of drug-likeness (QED) is 0.288. The largest absolute Gasteiger partial charge is 0.390 e. The van der Waals surface area contributed by atoms with Crippen molar-refractivity contribution in [2.24, 2.45) is 4.99 Å². The van der Waals surface area contributed by atoms with Crippen LogP contribution in [0.4, 0.5) is 17.6 Å². The molecule has 0 saturated carbocycles. The maximum Gasteiger partial charge on any atom is 0.390 e. The van der Waals surface area contributed by atoms with E-state index >= 15 is 0 Å². The first-order valence-corrected chi connectivity index (χ1v) is 7.49. The average Bonchev–Trinajstić information content (AvgIpc) is 2.44. The summed E-state index contributed by atoms with van der Waals surface area (Å²) in [6, 6.07) is 6.43. The van der Waals surface area contributed by atoms with Crippen molar-refractivity contribution >= 4 is 29.9 Å². The second-order valence-electron chi connectivity index (χ2n) is 5.85. The van der Waals surface area contributed by atoms with Crippen LogP contribution < -0.4 is 10.6 Å². The molecule has 8 heteroatoms. The van der Waals surface area contributed by atoms with Crippen LogP contribution in [0.1, 0.15) is 32.8 Å². The van der Waals surface area contributed by atoms with Crippen molar-refractivity contribution in [3.63, 3.8) is 0 Å². The first-order chi connectivity index (χ1) is 10.7. The van der Waals surface area contributed by atoms with Crippen LogP contribution in [-0.2, 0) is 5.41 Å². The van der Waals surface area contributed by atoms with Crippen LogP contribution in [-0.4, -0.2) is 31.8 Å². The fourth-order valence-corrected chi connectivity index (χ4v) is 2.04. The zero-order valence-electron chi connectivity index (χ0n) is 14.0. The Morgan fingerprint density at radius 2 is 1.75 bits per heavy atom. The van der Waals surface area contributed by atoms with Gasteiger partial charge in [0.1, 0.15) is 5.82 Å². The van der Waals surface area contributed by atoms with Gasteiger partial charge in [-0.1, -0.05) is 32.0 Å². The summed E-state index contributed by atoms with van der Waals surface area (Å²) < 4.78 is 50.5. The monoisotopic (exact) mass is 461 g/mol. The Bertz CT molecular complexity index is 530. The van der Waals surface area contributed by atoms with E-state index in [9.17, 15) is 17.6 Å². The minimum Gasteiger partial charge on any atom is -0.357 e. The standard InChI is InChI=1S/C16H23F4N3.HI/c1-4-21-14(22-10-9-16(18,19)20)23-11-15(2,3)12-7-5-6-8-13(12)17;/h5-8H,4,9-11H2,1-3H3,(H2,21,22,23);1H. The molecule has 1 rings (SSSR count). The molecular weight excluding hydrogens is 437 g/mol. The van der Waals surface area contributed by atoms with E-state index < -0.39 is 18.0 Å². The van der Waals surface area contributed by atoms with Gasteiger partial charge >= 0.3 is 6.18 Å². The zero-order chi connectivity index (χ0) is 17.5. The van der Waals surface area contributed by atoms with Crippen molar-refractivity contribution in [2.75, 3.05) is 19.6 Å². The van der Waals surface area contributed by atoms with E-state index in [4.69, 9.17) is 0 Å². The second-order valence-corrected chi connectivity index (χ2v) is 5.85. The molecule has 24 heavy (non-hydrogen) atoms. The van der Waals surface area contributed by atoms with E-state index in [1.54, 1.807) is 18.2 Å². The van der Waals surface area contributed by atoms with Gasteiger partial charge in [-0.05, 0) is 18.6 Å². The highest BCUT2D eigenvalue weighted by molar-refractivity contribution is 14.0. The van der Waals surface area contributed by atoms with E-state index in [1.807, 2.05) is 20.8 Å². The zero-order valence-corrected chi connectivity index (χ0v) is 16.3. The van der Waals surface area contributed by atoms with Gasteiger partial charge in [0.25, 0.3) is 0 Å². The van der Waals surface area contributed by atoms with Gasteiger partial charge in [-0.3, -0.25) is 4.99 Å². The molecule has 0 aliphatic carbocycles. The third kappa shape index (κ3) is 8.16. The van der Waals surface area contributed by atoms with Crippen LogP contribution in [0.25, 0.3) is 0 Å². The molecule has 0 aliphatic rings. The van der Waals surface area contributed by atoms with Crippen molar-refractivity contribution in [3.05, 3.63) is 35.6 Å². The Morgan fingerprint density at radius 1 is 1.12 bits per heavy atom. The van der Waals surface area contributed by atoms with Crippen molar-refractivity contribution in [3.8, 4) is 0 Å². The van der Waals surface area contributed by atoms with Gasteiger partial charge in [-0.15, -0.1) is 24.0 Å². The van der Waals surface area contributed by atoms with E-state index in [0.29, 0.717) is 18.1 Å². The summed E-state index contributed by atoms with van der Waals surface area (Å²) in [4.78, 5) is 4.28. The van der Waals surface area contributed by atoms with Gasteiger partial charge < -0.3 is 10.6 Å². The Morgan fingerprint density at radius 3 is 2.29 bits per heavy atom. The van der Waals surface area contributed by atoms with Gasteiger partial charge in [-0.2, -0.15) is 13.2 Å². The molecule has 0 atom stereocenters. The fourth-order valence-electron chi connectivity index (χ4n) is 2.04. The number of benzene rings is 1. The smallest absolute Gasteiger partial charge is 0.357 e. The molecule has 0 amide bonds. The number of guanidine groups is 1. The van der Waals surface area contributed by atoms with Crippen LogP contribution in [0.2, 0.25) is 0 Å². The molecule has 0 unspecified atom stereocenters.